The summed E-state index contributed by atoms with van der Waals surface area (Å²) in [4.78, 5) is 0. The smallest absolute Gasteiger partial charge is 0 e. The fraction of sp³-hybridized carbons (Fsp3) is 0.200. The summed E-state index contributed by atoms with van der Waals surface area (Å²) >= 11 is 0. The number of rotatable bonds is 1. The van der Waals surface area contributed by atoms with Gasteiger partial charge in [-0.3, -0.25) is 6.58 Å². The van der Waals surface area contributed by atoms with E-state index in [-0.39, 0.29) is 20.1 Å². The Morgan fingerprint density at radius 1 is 1.50 bits per heavy atom. The zero-order chi connectivity index (χ0) is 4.12. The first-order valence-corrected chi connectivity index (χ1v) is 1.58. The van der Waals surface area contributed by atoms with Crippen molar-refractivity contribution in [1.29, 1.82) is 0 Å². The SMILES string of the molecule is [CH-]=CC=CC.[Ir]. The van der Waals surface area contributed by atoms with Gasteiger partial charge >= 0.3 is 0 Å². The van der Waals surface area contributed by atoms with Crippen LogP contribution in [0.1, 0.15) is 6.92 Å². The Hall–Kier alpha value is 0.129. The molecular formula is C5H7Ir-. The molecule has 0 heterocycles. The van der Waals surface area contributed by atoms with Gasteiger partial charge in [-0.25, -0.2) is 12.2 Å². The second-order valence-corrected chi connectivity index (χ2v) is 0.718. The summed E-state index contributed by atoms with van der Waals surface area (Å²) in [6, 6.07) is 0. The fourth-order valence-corrected chi connectivity index (χ4v) is 0.111. The maximum Gasteiger partial charge on any atom is 0 e. The molecule has 0 aromatic carbocycles. The van der Waals surface area contributed by atoms with E-state index in [9.17, 15) is 0 Å². The van der Waals surface area contributed by atoms with Gasteiger partial charge in [0, 0.05) is 20.1 Å². The summed E-state index contributed by atoms with van der Waals surface area (Å²) in [5.41, 5.74) is 0. The van der Waals surface area contributed by atoms with Crippen LogP contribution in [0.15, 0.2) is 18.2 Å². The third-order valence-corrected chi connectivity index (χ3v) is 0.304. The van der Waals surface area contributed by atoms with Crippen LogP contribution >= 0.6 is 0 Å². The monoisotopic (exact) mass is 260 g/mol. The first-order valence-electron chi connectivity index (χ1n) is 1.58. The number of allylic oxidation sites excluding steroid dienone is 3. The fourth-order valence-electron chi connectivity index (χ4n) is 0.111. The van der Waals surface area contributed by atoms with Gasteiger partial charge in [0.05, 0.1) is 0 Å². The van der Waals surface area contributed by atoms with E-state index in [1.165, 1.54) is 6.08 Å². The molecule has 0 unspecified atom stereocenters. The van der Waals surface area contributed by atoms with E-state index >= 15 is 0 Å². The van der Waals surface area contributed by atoms with Crippen LogP contribution in [0, 0.1) is 6.58 Å². The molecule has 37 valence electrons. The molecule has 0 amide bonds. The zero-order valence-corrected chi connectivity index (χ0v) is 6.04. The molecule has 0 N–H and O–H groups in total. The minimum absolute atomic E-state index is 0. The van der Waals surface area contributed by atoms with Crippen molar-refractivity contribution in [2.75, 3.05) is 0 Å². The van der Waals surface area contributed by atoms with Gasteiger partial charge in [-0.05, 0) is 0 Å². The van der Waals surface area contributed by atoms with Gasteiger partial charge < -0.3 is 0 Å². The van der Waals surface area contributed by atoms with Crippen LogP contribution in [0.25, 0.3) is 0 Å². The molecule has 0 bridgehead atoms. The Bertz CT molecular complexity index is 45.9. The van der Waals surface area contributed by atoms with Crippen LogP contribution in [0.3, 0.4) is 0 Å². The molecule has 0 atom stereocenters. The third-order valence-electron chi connectivity index (χ3n) is 0.304. The second-order valence-electron chi connectivity index (χ2n) is 0.718. The van der Waals surface area contributed by atoms with E-state index in [0.717, 1.165) is 0 Å². The first kappa shape index (κ1) is 9.46. The molecule has 0 aromatic rings. The largest absolute Gasteiger partial charge is 0.293 e. The van der Waals surface area contributed by atoms with E-state index in [0.29, 0.717) is 0 Å². The topological polar surface area (TPSA) is 0 Å². The van der Waals surface area contributed by atoms with E-state index in [4.69, 9.17) is 6.58 Å². The predicted molar refractivity (Wildman–Crippen MR) is 23.7 cm³/mol. The third kappa shape index (κ3) is 8.92. The quantitative estimate of drug-likeness (QED) is 0.495. The summed E-state index contributed by atoms with van der Waals surface area (Å²) < 4.78 is 0. The van der Waals surface area contributed by atoms with Crippen molar-refractivity contribution in [3.63, 3.8) is 0 Å². The van der Waals surface area contributed by atoms with Gasteiger partial charge in [0.25, 0.3) is 0 Å². The van der Waals surface area contributed by atoms with Crippen LogP contribution in [-0.2, 0) is 20.1 Å². The van der Waals surface area contributed by atoms with Crippen LogP contribution in [0.2, 0.25) is 0 Å². The molecule has 1 heteroatoms. The molecule has 0 aliphatic heterocycles. The molecular weight excluding hydrogens is 252 g/mol. The molecule has 0 nitrogen and oxygen atoms in total. The molecule has 0 aromatic heterocycles. The molecule has 1 radical (unpaired) electrons. The number of hydrogen-bond donors (Lipinski definition) is 0. The van der Waals surface area contributed by atoms with Crippen molar-refractivity contribution in [1.82, 2.24) is 0 Å². The summed E-state index contributed by atoms with van der Waals surface area (Å²) in [5.74, 6) is 0. The summed E-state index contributed by atoms with van der Waals surface area (Å²) in [7, 11) is 0. The Morgan fingerprint density at radius 2 is 2.00 bits per heavy atom. The van der Waals surface area contributed by atoms with Crippen LogP contribution in [0.4, 0.5) is 0 Å². The van der Waals surface area contributed by atoms with Crippen LogP contribution in [-0.4, -0.2) is 0 Å². The average Bonchev–Trinajstić information content (AvgIpc) is 1.41. The van der Waals surface area contributed by atoms with Crippen molar-refractivity contribution in [2.24, 2.45) is 0 Å². The second kappa shape index (κ2) is 8.93. The molecule has 6 heavy (non-hydrogen) atoms. The van der Waals surface area contributed by atoms with Gasteiger partial charge in [-0.1, -0.05) is 6.92 Å². The Balaban J connectivity index is 0. The van der Waals surface area contributed by atoms with Gasteiger partial charge in [0.2, 0.25) is 0 Å². The van der Waals surface area contributed by atoms with Crippen LogP contribution in [0.5, 0.6) is 0 Å². The molecule has 0 rings (SSSR count). The maximum atomic E-state index is 4.93. The summed E-state index contributed by atoms with van der Waals surface area (Å²) in [6.07, 6.45) is 5.15. The van der Waals surface area contributed by atoms with Crippen molar-refractivity contribution >= 4 is 0 Å². The summed E-state index contributed by atoms with van der Waals surface area (Å²) in [6.45, 7) is 6.85. The molecule has 0 aliphatic rings. The molecule has 0 saturated carbocycles. The Morgan fingerprint density at radius 3 is 2.00 bits per heavy atom. The van der Waals surface area contributed by atoms with Crippen molar-refractivity contribution in [2.45, 2.75) is 6.92 Å². The minimum atomic E-state index is 0. The van der Waals surface area contributed by atoms with Crippen LogP contribution < -0.4 is 0 Å². The van der Waals surface area contributed by atoms with Crippen molar-refractivity contribution in [3.8, 4) is 0 Å². The molecule has 0 fully saturated rings. The minimum Gasteiger partial charge on any atom is -0.293 e. The first-order chi connectivity index (χ1) is 2.41. The van der Waals surface area contributed by atoms with Gasteiger partial charge in [-0.2, -0.15) is 6.08 Å². The van der Waals surface area contributed by atoms with Gasteiger partial charge in [0.15, 0.2) is 0 Å². The predicted octanol–water partition coefficient (Wildman–Crippen LogP) is 1.55. The molecule has 0 spiro atoms. The van der Waals surface area contributed by atoms with Gasteiger partial charge in [-0.15, -0.1) is 0 Å². The van der Waals surface area contributed by atoms with Crippen molar-refractivity contribution < 1.29 is 20.1 Å². The summed E-state index contributed by atoms with van der Waals surface area (Å²) in [5, 5.41) is 0. The van der Waals surface area contributed by atoms with E-state index in [1.807, 2.05) is 13.0 Å². The normalized spacial score (nSPS) is 7.50. The Labute approximate surface area is 52.3 Å². The maximum absolute atomic E-state index is 4.93. The van der Waals surface area contributed by atoms with Crippen molar-refractivity contribution in [3.05, 3.63) is 24.8 Å². The van der Waals surface area contributed by atoms with E-state index in [1.54, 1.807) is 6.08 Å². The Kier molecular flexibility index (Phi) is 14.1. The van der Waals surface area contributed by atoms with E-state index < -0.39 is 0 Å². The van der Waals surface area contributed by atoms with E-state index in [2.05, 4.69) is 0 Å². The molecule has 0 saturated heterocycles. The zero-order valence-electron chi connectivity index (χ0n) is 3.64. The standard InChI is InChI=1S/C5H7.Ir/c1-3-5-4-2;/h1,3-5H,2H3;/q-1;. The average molecular weight is 259 g/mol. The van der Waals surface area contributed by atoms with Gasteiger partial charge in [0.1, 0.15) is 0 Å². The number of hydrogen-bond acceptors (Lipinski definition) is 0. The molecule has 0 aliphatic carbocycles.